The summed E-state index contributed by atoms with van der Waals surface area (Å²) in [7, 11) is 0. The molecule has 0 radical (unpaired) electrons. The topological polar surface area (TPSA) is 73.6 Å². The lowest BCUT2D eigenvalue weighted by molar-refractivity contribution is 0.795. The average Bonchev–Trinajstić information content (AvgIpc) is 2.17. The summed E-state index contributed by atoms with van der Waals surface area (Å²) in [4.78, 5) is 0. The van der Waals surface area contributed by atoms with E-state index in [0.29, 0.717) is 11.3 Å². The minimum Gasteiger partial charge on any atom is -0.398 e. The first kappa shape index (κ1) is 9.09. The standard InChI is InChI=1S/C10H9N3/c1-10(6-11,7-12)8-4-2-3-5-9(8)13/h2-5H,13H2,1H3. The van der Waals surface area contributed by atoms with E-state index in [1.54, 1.807) is 31.2 Å². The molecule has 3 nitrogen and oxygen atoms in total. The van der Waals surface area contributed by atoms with Gasteiger partial charge in [-0.2, -0.15) is 10.5 Å². The SMILES string of the molecule is CC(C#N)(C#N)c1ccccc1N. The quantitative estimate of drug-likeness (QED) is 0.652. The highest BCUT2D eigenvalue weighted by Crippen LogP contribution is 2.26. The van der Waals surface area contributed by atoms with Gasteiger partial charge < -0.3 is 5.73 Å². The summed E-state index contributed by atoms with van der Waals surface area (Å²) in [5, 5.41) is 17.7. The molecule has 2 N–H and O–H groups in total. The van der Waals surface area contributed by atoms with E-state index in [4.69, 9.17) is 16.3 Å². The summed E-state index contributed by atoms with van der Waals surface area (Å²) in [5.74, 6) is 0. The Balaban J connectivity index is 3.33. The van der Waals surface area contributed by atoms with Crippen molar-refractivity contribution in [2.45, 2.75) is 12.3 Å². The van der Waals surface area contributed by atoms with Gasteiger partial charge in [0.25, 0.3) is 0 Å². The van der Waals surface area contributed by atoms with E-state index in [-0.39, 0.29) is 0 Å². The second-order valence-electron chi connectivity index (χ2n) is 2.94. The number of nitrogen functional groups attached to an aromatic ring is 1. The fourth-order valence-electron chi connectivity index (χ4n) is 1.10. The summed E-state index contributed by atoms with van der Waals surface area (Å²) in [5.41, 5.74) is 5.56. The molecule has 13 heavy (non-hydrogen) atoms. The zero-order valence-corrected chi connectivity index (χ0v) is 7.28. The molecule has 0 saturated heterocycles. The van der Waals surface area contributed by atoms with Crippen LogP contribution in [-0.4, -0.2) is 0 Å². The summed E-state index contributed by atoms with van der Waals surface area (Å²) in [6, 6.07) is 10.8. The van der Waals surface area contributed by atoms with Crippen molar-refractivity contribution in [3.05, 3.63) is 29.8 Å². The third-order valence-electron chi connectivity index (χ3n) is 1.95. The number of para-hydroxylation sites is 1. The second kappa shape index (κ2) is 3.16. The summed E-state index contributed by atoms with van der Waals surface area (Å²) >= 11 is 0. The third kappa shape index (κ3) is 1.45. The van der Waals surface area contributed by atoms with E-state index in [0.717, 1.165) is 0 Å². The van der Waals surface area contributed by atoms with Crippen LogP contribution in [0.5, 0.6) is 0 Å². The van der Waals surface area contributed by atoms with E-state index in [1.807, 2.05) is 12.1 Å². The average molecular weight is 171 g/mol. The first-order chi connectivity index (χ1) is 6.14. The second-order valence-corrected chi connectivity index (χ2v) is 2.94. The van der Waals surface area contributed by atoms with Crippen molar-refractivity contribution in [2.24, 2.45) is 0 Å². The number of benzene rings is 1. The number of nitrogens with two attached hydrogens (primary N) is 1. The zero-order valence-electron chi connectivity index (χ0n) is 7.28. The van der Waals surface area contributed by atoms with Crippen LogP contribution < -0.4 is 5.73 Å². The molecule has 0 fully saturated rings. The highest BCUT2D eigenvalue weighted by molar-refractivity contribution is 5.55. The first-order valence-electron chi connectivity index (χ1n) is 3.81. The molecule has 0 bridgehead atoms. The Hall–Kier alpha value is -2.00. The largest absolute Gasteiger partial charge is 0.398 e. The van der Waals surface area contributed by atoms with Crippen molar-refractivity contribution in [1.29, 1.82) is 10.5 Å². The van der Waals surface area contributed by atoms with Gasteiger partial charge in [-0.05, 0) is 13.0 Å². The fraction of sp³-hybridized carbons (Fsp3) is 0.200. The maximum Gasteiger partial charge on any atom is 0.167 e. The zero-order chi connectivity index (χ0) is 9.90. The predicted octanol–water partition coefficient (Wildman–Crippen LogP) is 1.57. The Morgan fingerprint density at radius 1 is 1.23 bits per heavy atom. The van der Waals surface area contributed by atoms with Crippen LogP contribution in [0.4, 0.5) is 5.69 Å². The molecule has 0 aliphatic heterocycles. The van der Waals surface area contributed by atoms with Gasteiger partial charge in [-0.3, -0.25) is 0 Å². The van der Waals surface area contributed by atoms with Gasteiger partial charge >= 0.3 is 0 Å². The molecule has 0 aromatic heterocycles. The van der Waals surface area contributed by atoms with Gasteiger partial charge in [-0.25, -0.2) is 0 Å². The van der Waals surface area contributed by atoms with E-state index in [2.05, 4.69) is 0 Å². The molecule has 0 amide bonds. The van der Waals surface area contributed by atoms with Gasteiger partial charge in [0.2, 0.25) is 0 Å². The monoisotopic (exact) mass is 171 g/mol. The fourth-order valence-corrected chi connectivity index (χ4v) is 1.10. The Labute approximate surface area is 77.0 Å². The van der Waals surface area contributed by atoms with Crippen molar-refractivity contribution < 1.29 is 0 Å². The number of nitrogens with zero attached hydrogens (tertiary/aromatic N) is 2. The van der Waals surface area contributed by atoms with Crippen LogP contribution in [0.3, 0.4) is 0 Å². The molecular formula is C10H9N3. The molecule has 64 valence electrons. The van der Waals surface area contributed by atoms with Gasteiger partial charge in [0.1, 0.15) is 0 Å². The maximum atomic E-state index is 8.84. The molecule has 1 aromatic rings. The van der Waals surface area contributed by atoms with Crippen LogP contribution in [0.1, 0.15) is 12.5 Å². The van der Waals surface area contributed by atoms with Crippen LogP contribution in [-0.2, 0) is 5.41 Å². The van der Waals surface area contributed by atoms with Crippen molar-refractivity contribution >= 4 is 5.69 Å². The molecule has 0 heterocycles. The normalized spacial score (nSPS) is 10.1. The Morgan fingerprint density at radius 2 is 1.77 bits per heavy atom. The van der Waals surface area contributed by atoms with Crippen LogP contribution in [0.15, 0.2) is 24.3 Å². The van der Waals surface area contributed by atoms with Crippen molar-refractivity contribution in [3.8, 4) is 12.1 Å². The minimum absolute atomic E-state index is 0.480. The van der Waals surface area contributed by atoms with Crippen LogP contribution in [0, 0.1) is 22.7 Å². The molecule has 0 aliphatic rings. The lowest BCUT2D eigenvalue weighted by atomic mass is 9.85. The molecular weight excluding hydrogens is 162 g/mol. The smallest absolute Gasteiger partial charge is 0.167 e. The van der Waals surface area contributed by atoms with E-state index in [1.165, 1.54) is 0 Å². The Bertz CT molecular complexity index is 381. The van der Waals surface area contributed by atoms with E-state index in [9.17, 15) is 0 Å². The maximum absolute atomic E-state index is 8.84. The van der Waals surface area contributed by atoms with Crippen LogP contribution in [0.2, 0.25) is 0 Å². The van der Waals surface area contributed by atoms with Gasteiger partial charge in [-0.15, -0.1) is 0 Å². The van der Waals surface area contributed by atoms with E-state index < -0.39 is 5.41 Å². The lowest BCUT2D eigenvalue weighted by Gasteiger charge is -2.14. The van der Waals surface area contributed by atoms with Crippen molar-refractivity contribution in [3.63, 3.8) is 0 Å². The van der Waals surface area contributed by atoms with Crippen molar-refractivity contribution in [2.75, 3.05) is 5.73 Å². The van der Waals surface area contributed by atoms with Gasteiger partial charge in [-0.1, -0.05) is 18.2 Å². The number of rotatable bonds is 1. The molecule has 0 saturated carbocycles. The molecule has 0 aliphatic carbocycles. The van der Waals surface area contributed by atoms with Crippen LogP contribution >= 0.6 is 0 Å². The third-order valence-corrected chi connectivity index (χ3v) is 1.95. The van der Waals surface area contributed by atoms with Gasteiger partial charge in [0.15, 0.2) is 5.41 Å². The number of nitriles is 2. The molecule has 1 aromatic carbocycles. The molecule has 0 atom stereocenters. The number of anilines is 1. The van der Waals surface area contributed by atoms with Gasteiger partial charge in [0, 0.05) is 11.3 Å². The molecule has 0 unspecified atom stereocenters. The number of hydrogen-bond acceptors (Lipinski definition) is 3. The Morgan fingerprint density at radius 3 is 2.23 bits per heavy atom. The lowest BCUT2D eigenvalue weighted by Crippen LogP contribution is -2.18. The number of hydrogen-bond donors (Lipinski definition) is 1. The summed E-state index contributed by atoms with van der Waals surface area (Å²) in [6.45, 7) is 1.55. The predicted molar refractivity (Wildman–Crippen MR) is 49.4 cm³/mol. The summed E-state index contributed by atoms with van der Waals surface area (Å²) < 4.78 is 0. The van der Waals surface area contributed by atoms with Crippen LogP contribution in [0.25, 0.3) is 0 Å². The first-order valence-corrected chi connectivity index (χ1v) is 3.81. The van der Waals surface area contributed by atoms with Crippen molar-refractivity contribution in [1.82, 2.24) is 0 Å². The highest BCUT2D eigenvalue weighted by atomic mass is 14.6. The minimum atomic E-state index is -1.15. The van der Waals surface area contributed by atoms with E-state index >= 15 is 0 Å². The highest BCUT2D eigenvalue weighted by Gasteiger charge is 2.27. The van der Waals surface area contributed by atoms with Gasteiger partial charge in [0.05, 0.1) is 12.1 Å². The summed E-state index contributed by atoms with van der Waals surface area (Å²) in [6.07, 6.45) is 0. The molecule has 0 spiro atoms. The molecule has 3 heteroatoms. The Kier molecular flexibility index (Phi) is 2.21. The molecule has 1 rings (SSSR count).